The molecule has 9 heteroatoms. The van der Waals surface area contributed by atoms with Gasteiger partial charge in [-0.3, -0.25) is 14.3 Å². The van der Waals surface area contributed by atoms with E-state index < -0.39 is 21.8 Å². The molecule has 2 aromatic carbocycles. The average Bonchev–Trinajstić information content (AvgIpc) is 2.84. The average molecular weight is 375 g/mol. The minimum absolute atomic E-state index is 0.0973. The van der Waals surface area contributed by atoms with Gasteiger partial charge in [0.2, 0.25) is 15.9 Å². The lowest BCUT2D eigenvalue weighted by Gasteiger charge is -2.14. The standard InChI is InChI=1S/C17H17N3O5S/c1-9-14-12(18-16(9)22)7-8-13(15(14)21)19-17(23)10-5-3-4-6-11(10)20-26(2,24)25/h3-9,20-21H,1-2H3,(H,18,22)(H,19,23). The van der Waals surface area contributed by atoms with Gasteiger partial charge in [0.1, 0.15) is 5.75 Å². The lowest BCUT2D eigenvalue weighted by molar-refractivity contribution is -0.116. The number of carbonyl (C=O) groups excluding carboxylic acids is 2. The third-order valence-electron chi connectivity index (χ3n) is 4.02. The van der Waals surface area contributed by atoms with Crippen LogP contribution in [-0.2, 0) is 14.8 Å². The molecule has 0 saturated heterocycles. The molecule has 0 spiro atoms. The summed E-state index contributed by atoms with van der Waals surface area (Å²) >= 11 is 0. The van der Waals surface area contributed by atoms with Crippen LogP contribution in [0.3, 0.4) is 0 Å². The lowest BCUT2D eigenvalue weighted by atomic mass is 10.0. The molecule has 26 heavy (non-hydrogen) atoms. The number of amides is 2. The first-order valence-electron chi connectivity index (χ1n) is 7.72. The Balaban J connectivity index is 1.92. The molecule has 0 aromatic heterocycles. The van der Waals surface area contributed by atoms with Gasteiger partial charge in [-0.05, 0) is 31.2 Å². The molecule has 8 nitrogen and oxygen atoms in total. The number of benzene rings is 2. The molecule has 1 heterocycles. The summed E-state index contributed by atoms with van der Waals surface area (Å²) in [6, 6.07) is 9.17. The molecular weight excluding hydrogens is 358 g/mol. The molecule has 1 aliphatic heterocycles. The van der Waals surface area contributed by atoms with Crippen molar-refractivity contribution in [3.63, 3.8) is 0 Å². The number of rotatable bonds is 4. The van der Waals surface area contributed by atoms with Crippen molar-refractivity contribution in [2.24, 2.45) is 0 Å². The zero-order valence-corrected chi connectivity index (χ0v) is 14.8. The van der Waals surface area contributed by atoms with Crippen LogP contribution in [-0.4, -0.2) is 31.6 Å². The molecular formula is C17H17N3O5S. The highest BCUT2D eigenvalue weighted by molar-refractivity contribution is 7.92. The molecule has 0 bridgehead atoms. The second kappa shape index (κ2) is 6.34. The Kier molecular flexibility index (Phi) is 4.33. The van der Waals surface area contributed by atoms with Gasteiger partial charge in [0.25, 0.3) is 5.91 Å². The Bertz CT molecular complexity index is 1020. The normalized spacial score (nSPS) is 15.9. The van der Waals surface area contributed by atoms with E-state index in [1.807, 2.05) is 0 Å². The summed E-state index contributed by atoms with van der Waals surface area (Å²) in [5.41, 5.74) is 1.26. The van der Waals surface area contributed by atoms with Crippen LogP contribution < -0.4 is 15.4 Å². The van der Waals surface area contributed by atoms with Crippen molar-refractivity contribution < 1.29 is 23.1 Å². The van der Waals surface area contributed by atoms with Crippen molar-refractivity contribution in [3.8, 4) is 5.75 Å². The molecule has 0 radical (unpaired) electrons. The minimum Gasteiger partial charge on any atom is -0.505 e. The summed E-state index contributed by atoms with van der Waals surface area (Å²) in [6.45, 7) is 1.65. The fraction of sp³-hybridized carbons (Fsp3) is 0.176. The maximum absolute atomic E-state index is 12.6. The number of phenols is 1. The number of hydrogen-bond donors (Lipinski definition) is 4. The van der Waals surface area contributed by atoms with Crippen LogP contribution >= 0.6 is 0 Å². The summed E-state index contributed by atoms with van der Waals surface area (Å²) in [6.07, 6.45) is 0.986. The maximum Gasteiger partial charge on any atom is 0.257 e. The Labute approximate surface area is 150 Å². The second-order valence-corrected chi connectivity index (χ2v) is 7.76. The highest BCUT2D eigenvalue weighted by atomic mass is 32.2. The van der Waals surface area contributed by atoms with Crippen molar-refractivity contribution >= 4 is 38.9 Å². The van der Waals surface area contributed by atoms with Gasteiger partial charge in [-0.25, -0.2) is 8.42 Å². The largest absolute Gasteiger partial charge is 0.505 e. The topological polar surface area (TPSA) is 125 Å². The van der Waals surface area contributed by atoms with E-state index in [4.69, 9.17) is 0 Å². The third kappa shape index (κ3) is 3.33. The van der Waals surface area contributed by atoms with Crippen LogP contribution in [0.25, 0.3) is 0 Å². The Morgan fingerprint density at radius 3 is 2.54 bits per heavy atom. The van der Waals surface area contributed by atoms with Crippen LogP contribution in [0, 0.1) is 0 Å². The molecule has 3 rings (SSSR count). The van der Waals surface area contributed by atoms with Crippen LogP contribution in [0.5, 0.6) is 5.75 Å². The van der Waals surface area contributed by atoms with E-state index in [0.29, 0.717) is 11.3 Å². The quantitative estimate of drug-likeness (QED) is 0.609. The van der Waals surface area contributed by atoms with Crippen LogP contribution in [0.15, 0.2) is 36.4 Å². The molecule has 0 aliphatic carbocycles. The van der Waals surface area contributed by atoms with Crippen LogP contribution in [0.2, 0.25) is 0 Å². The summed E-state index contributed by atoms with van der Waals surface area (Å²) in [7, 11) is -3.56. The Morgan fingerprint density at radius 1 is 1.15 bits per heavy atom. The third-order valence-corrected chi connectivity index (χ3v) is 4.61. The number of carbonyl (C=O) groups is 2. The molecule has 2 aromatic rings. The van der Waals surface area contributed by atoms with E-state index in [2.05, 4.69) is 15.4 Å². The first kappa shape index (κ1) is 17.7. The highest BCUT2D eigenvalue weighted by Crippen LogP contribution is 2.42. The summed E-state index contributed by atoms with van der Waals surface area (Å²) in [4.78, 5) is 24.3. The number of phenolic OH excluding ortho intramolecular Hbond substituents is 1. The predicted octanol–water partition coefficient (Wildman–Crippen LogP) is 2.07. The lowest BCUT2D eigenvalue weighted by Crippen LogP contribution is -2.17. The highest BCUT2D eigenvalue weighted by Gasteiger charge is 2.31. The number of nitrogens with one attached hydrogen (secondary N) is 3. The van der Waals surface area contributed by atoms with E-state index in [1.54, 1.807) is 25.1 Å². The molecule has 1 aliphatic rings. The number of hydrogen-bond acceptors (Lipinski definition) is 5. The second-order valence-electron chi connectivity index (χ2n) is 6.01. The summed E-state index contributed by atoms with van der Waals surface area (Å²) < 4.78 is 25.2. The van der Waals surface area contributed by atoms with Gasteiger partial charge in [-0.2, -0.15) is 0 Å². The number of anilines is 3. The first-order valence-corrected chi connectivity index (χ1v) is 9.61. The molecule has 2 amide bonds. The van der Waals surface area contributed by atoms with E-state index in [0.717, 1.165) is 6.26 Å². The van der Waals surface area contributed by atoms with Crippen molar-refractivity contribution in [2.45, 2.75) is 12.8 Å². The van der Waals surface area contributed by atoms with Crippen molar-refractivity contribution in [3.05, 3.63) is 47.5 Å². The van der Waals surface area contributed by atoms with Crippen molar-refractivity contribution in [2.75, 3.05) is 21.6 Å². The molecule has 4 N–H and O–H groups in total. The minimum atomic E-state index is -3.56. The van der Waals surface area contributed by atoms with Gasteiger partial charge < -0.3 is 15.7 Å². The monoisotopic (exact) mass is 375 g/mol. The van der Waals surface area contributed by atoms with Crippen molar-refractivity contribution in [1.29, 1.82) is 0 Å². The zero-order chi connectivity index (χ0) is 19.1. The Morgan fingerprint density at radius 2 is 1.85 bits per heavy atom. The van der Waals surface area contributed by atoms with Crippen LogP contribution in [0.4, 0.5) is 17.1 Å². The molecule has 136 valence electrons. The van der Waals surface area contributed by atoms with Gasteiger partial charge in [-0.1, -0.05) is 12.1 Å². The van der Waals surface area contributed by atoms with Gasteiger partial charge >= 0.3 is 0 Å². The SMILES string of the molecule is CC1C(=O)Nc2ccc(NC(=O)c3ccccc3NS(C)(=O)=O)c(O)c21. The van der Waals surface area contributed by atoms with Gasteiger partial charge in [0.05, 0.1) is 29.1 Å². The number of fused-ring (bicyclic) bond motifs is 1. The van der Waals surface area contributed by atoms with Gasteiger partial charge in [0, 0.05) is 11.3 Å². The van der Waals surface area contributed by atoms with E-state index in [9.17, 15) is 23.1 Å². The fourth-order valence-electron chi connectivity index (χ4n) is 2.79. The van der Waals surface area contributed by atoms with E-state index in [-0.39, 0.29) is 28.6 Å². The van der Waals surface area contributed by atoms with Crippen molar-refractivity contribution in [1.82, 2.24) is 0 Å². The predicted molar refractivity (Wildman–Crippen MR) is 98.0 cm³/mol. The summed E-state index contributed by atoms with van der Waals surface area (Å²) in [5, 5.41) is 15.6. The smallest absolute Gasteiger partial charge is 0.257 e. The maximum atomic E-state index is 12.6. The number of sulfonamides is 1. The molecule has 1 unspecified atom stereocenters. The number of aromatic hydroxyl groups is 1. The van der Waals surface area contributed by atoms with Gasteiger partial charge in [0.15, 0.2) is 0 Å². The van der Waals surface area contributed by atoms with Crippen LogP contribution in [0.1, 0.15) is 28.8 Å². The zero-order valence-electron chi connectivity index (χ0n) is 14.0. The van der Waals surface area contributed by atoms with Gasteiger partial charge in [-0.15, -0.1) is 0 Å². The van der Waals surface area contributed by atoms with E-state index >= 15 is 0 Å². The fourth-order valence-corrected chi connectivity index (χ4v) is 3.37. The first-order chi connectivity index (χ1) is 12.2. The number of para-hydroxylation sites is 1. The Hall–Kier alpha value is -3.07. The molecule has 0 fully saturated rings. The molecule has 1 atom stereocenters. The summed E-state index contributed by atoms with van der Waals surface area (Å²) in [5.74, 6) is -1.57. The van der Waals surface area contributed by atoms with E-state index in [1.165, 1.54) is 18.2 Å². The molecule has 0 saturated carbocycles.